The predicted molar refractivity (Wildman–Crippen MR) is 42.0 cm³/mol. The summed E-state index contributed by atoms with van der Waals surface area (Å²) >= 11 is 0. The third kappa shape index (κ3) is 1.70. The van der Waals surface area contributed by atoms with Gasteiger partial charge in [-0.2, -0.15) is 0 Å². The molecule has 70 valence electrons. The van der Waals surface area contributed by atoms with Gasteiger partial charge >= 0.3 is 0 Å². The lowest BCUT2D eigenvalue weighted by Crippen LogP contribution is -2.22. The summed E-state index contributed by atoms with van der Waals surface area (Å²) in [5.41, 5.74) is 0. The fraction of sp³-hybridized carbons (Fsp3) is 0.750. The Hall–Kier alpha value is -0.740. The van der Waals surface area contributed by atoms with Crippen LogP contribution in [-0.4, -0.2) is 28.7 Å². The van der Waals surface area contributed by atoms with Crippen LogP contribution in [0.15, 0.2) is 11.5 Å². The monoisotopic (exact) mass is 174 g/mol. The van der Waals surface area contributed by atoms with Gasteiger partial charge in [0.2, 0.25) is 5.79 Å². The Morgan fingerprint density at radius 1 is 1.42 bits per heavy atom. The Morgan fingerprint density at radius 2 is 2.00 bits per heavy atom. The molecule has 0 aromatic rings. The van der Waals surface area contributed by atoms with Gasteiger partial charge in [-0.25, -0.2) is 0 Å². The molecule has 1 aliphatic heterocycles. The Labute approximate surface area is 71.4 Å². The van der Waals surface area contributed by atoms with Crippen LogP contribution in [-0.2, 0) is 9.47 Å². The van der Waals surface area contributed by atoms with Crippen LogP contribution < -0.4 is 0 Å². The lowest BCUT2D eigenvalue weighted by atomic mass is 10.3. The summed E-state index contributed by atoms with van der Waals surface area (Å²) in [6, 6.07) is 0. The zero-order valence-corrected chi connectivity index (χ0v) is 7.50. The molecule has 0 spiro atoms. The van der Waals surface area contributed by atoms with Crippen molar-refractivity contribution in [2.45, 2.75) is 32.7 Å². The van der Waals surface area contributed by atoms with E-state index in [2.05, 4.69) is 0 Å². The smallest absolute Gasteiger partial charge is 0.245 e. The highest BCUT2D eigenvalue weighted by molar-refractivity contribution is 5.11. The summed E-state index contributed by atoms with van der Waals surface area (Å²) in [7, 11) is 0. The van der Waals surface area contributed by atoms with Crippen LogP contribution in [0.25, 0.3) is 0 Å². The molecule has 1 rings (SSSR count). The summed E-state index contributed by atoms with van der Waals surface area (Å²) in [6.45, 7) is 4.76. The molecule has 12 heavy (non-hydrogen) atoms. The molecule has 0 aromatic heterocycles. The second-order valence-electron chi connectivity index (χ2n) is 3.23. The lowest BCUT2D eigenvalue weighted by molar-refractivity contribution is -0.132. The van der Waals surface area contributed by atoms with Gasteiger partial charge in [0.05, 0.1) is 0 Å². The number of hydrogen-bond donors (Lipinski definition) is 2. The Kier molecular flexibility index (Phi) is 2.30. The van der Waals surface area contributed by atoms with Gasteiger partial charge in [0.25, 0.3) is 0 Å². The zero-order chi connectivity index (χ0) is 9.35. The summed E-state index contributed by atoms with van der Waals surface area (Å²) < 4.78 is 10.5. The Balaban J connectivity index is 2.80. The van der Waals surface area contributed by atoms with E-state index in [-0.39, 0.29) is 6.61 Å². The van der Waals surface area contributed by atoms with Crippen LogP contribution >= 0.6 is 0 Å². The number of aliphatic hydroxyl groups excluding tert-OH is 2. The van der Waals surface area contributed by atoms with Gasteiger partial charge in [-0.15, -0.1) is 0 Å². The van der Waals surface area contributed by atoms with Crippen LogP contribution in [0.5, 0.6) is 0 Å². The minimum atomic E-state index is -0.773. The number of aliphatic hydroxyl groups is 2. The maximum Gasteiger partial charge on any atom is 0.245 e. The normalized spacial score (nSPS) is 23.4. The second-order valence-corrected chi connectivity index (χ2v) is 3.23. The summed E-state index contributed by atoms with van der Waals surface area (Å²) in [6.07, 6.45) is -0.742. The van der Waals surface area contributed by atoms with Crippen molar-refractivity contribution in [1.29, 1.82) is 0 Å². The Bertz CT molecular complexity index is 205. The molecular formula is C8H14O4. The van der Waals surface area contributed by atoms with Crippen LogP contribution in [0.4, 0.5) is 0 Å². The SMILES string of the molecule is C[C@@H](O)C1=C(CO)OC(C)(C)O1. The predicted octanol–water partition coefficient (Wildman–Crippen LogP) is 0.354. The third-order valence-corrected chi connectivity index (χ3v) is 1.52. The maximum atomic E-state index is 9.21. The second kappa shape index (κ2) is 2.95. The van der Waals surface area contributed by atoms with Crippen molar-refractivity contribution in [3.63, 3.8) is 0 Å². The molecule has 4 nitrogen and oxygen atoms in total. The highest BCUT2D eigenvalue weighted by Crippen LogP contribution is 2.31. The average Bonchev–Trinajstić information content (AvgIpc) is 2.25. The molecule has 1 aliphatic rings. The van der Waals surface area contributed by atoms with E-state index in [1.165, 1.54) is 0 Å². The molecule has 0 saturated heterocycles. The number of ether oxygens (including phenoxy) is 2. The standard InChI is InChI=1S/C8H14O4/c1-5(10)7-6(4-9)11-8(2,3)12-7/h5,9-10H,4H2,1-3H3/t5-/m1/s1. The minimum absolute atomic E-state index is 0.246. The first-order chi connectivity index (χ1) is 5.46. The van der Waals surface area contributed by atoms with Gasteiger partial charge in [0.1, 0.15) is 12.7 Å². The number of hydrogen-bond acceptors (Lipinski definition) is 4. The minimum Gasteiger partial charge on any atom is -0.451 e. The Morgan fingerprint density at radius 3 is 2.33 bits per heavy atom. The molecule has 0 amide bonds. The molecule has 1 atom stereocenters. The van der Waals surface area contributed by atoms with Crippen LogP contribution in [0.1, 0.15) is 20.8 Å². The van der Waals surface area contributed by atoms with Crippen molar-refractivity contribution in [3.8, 4) is 0 Å². The zero-order valence-electron chi connectivity index (χ0n) is 7.50. The molecule has 0 radical (unpaired) electrons. The molecule has 0 aliphatic carbocycles. The van der Waals surface area contributed by atoms with Crippen molar-refractivity contribution < 1.29 is 19.7 Å². The van der Waals surface area contributed by atoms with E-state index in [0.29, 0.717) is 11.5 Å². The average molecular weight is 174 g/mol. The van der Waals surface area contributed by atoms with Gasteiger partial charge in [0.15, 0.2) is 11.5 Å². The fourth-order valence-corrected chi connectivity index (χ4v) is 1.12. The highest BCUT2D eigenvalue weighted by atomic mass is 16.7. The first kappa shape index (κ1) is 9.35. The van der Waals surface area contributed by atoms with Crippen LogP contribution in [0, 0.1) is 0 Å². The quantitative estimate of drug-likeness (QED) is 0.634. The molecule has 0 bridgehead atoms. The topological polar surface area (TPSA) is 58.9 Å². The molecule has 0 fully saturated rings. The van der Waals surface area contributed by atoms with E-state index < -0.39 is 11.9 Å². The first-order valence-corrected chi connectivity index (χ1v) is 3.86. The molecule has 2 N–H and O–H groups in total. The van der Waals surface area contributed by atoms with Crippen molar-refractivity contribution in [1.82, 2.24) is 0 Å². The third-order valence-electron chi connectivity index (χ3n) is 1.52. The van der Waals surface area contributed by atoms with Gasteiger partial charge in [-0.1, -0.05) is 0 Å². The molecule has 4 heteroatoms. The summed E-state index contributed by atoms with van der Waals surface area (Å²) in [5, 5.41) is 18.1. The van der Waals surface area contributed by atoms with Crippen LogP contribution in [0.2, 0.25) is 0 Å². The van der Waals surface area contributed by atoms with Crippen molar-refractivity contribution >= 4 is 0 Å². The highest BCUT2D eigenvalue weighted by Gasteiger charge is 2.35. The largest absolute Gasteiger partial charge is 0.451 e. The molecule has 1 heterocycles. The van der Waals surface area contributed by atoms with Crippen molar-refractivity contribution in [2.75, 3.05) is 6.61 Å². The first-order valence-electron chi connectivity index (χ1n) is 3.86. The van der Waals surface area contributed by atoms with E-state index in [1.807, 2.05) is 0 Å². The molecule has 0 aromatic carbocycles. The van der Waals surface area contributed by atoms with Crippen molar-refractivity contribution in [2.24, 2.45) is 0 Å². The van der Waals surface area contributed by atoms with E-state index in [9.17, 15) is 5.11 Å². The summed E-state index contributed by atoms with van der Waals surface area (Å²) in [5.74, 6) is -0.137. The summed E-state index contributed by atoms with van der Waals surface area (Å²) in [4.78, 5) is 0. The van der Waals surface area contributed by atoms with Crippen molar-refractivity contribution in [3.05, 3.63) is 11.5 Å². The van der Waals surface area contributed by atoms with E-state index in [0.717, 1.165) is 0 Å². The maximum absolute atomic E-state index is 9.21. The number of rotatable bonds is 2. The molecular weight excluding hydrogens is 160 g/mol. The van der Waals surface area contributed by atoms with E-state index in [1.54, 1.807) is 20.8 Å². The molecule has 0 unspecified atom stereocenters. The van der Waals surface area contributed by atoms with E-state index >= 15 is 0 Å². The van der Waals surface area contributed by atoms with E-state index in [4.69, 9.17) is 14.6 Å². The lowest BCUT2D eigenvalue weighted by Gasteiger charge is -2.19. The fourth-order valence-electron chi connectivity index (χ4n) is 1.12. The van der Waals surface area contributed by atoms with Gasteiger partial charge in [-0.3, -0.25) is 0 Å². The molecule has 0 saturated carbocycles. The van der Waals surface area contributed by atoms with Gasteiger partial charge in [0, 0.05) is 13.8 Å². The van der Waals surface area contributed by atoms with Gasteiger partial charge in [-0.05, 0) is 6.92 Å². The van der Waals surface area contributed by atoms with Gasteiger partial charge < -0.3 is 19.7 Å². The van der Waals surface area contributed by atoms with Crippen LogP contribution in [0.3, 0.4) is 0 Å².